The van der Waals surface area contributed by atoms with Crippen molar-refractivity contribution in [2.45, 2.75) is 38.8 Å². The molecule has 0 saturated carbocycles. The van der Waals surface area contributed by atoms with Gasteiger partial charge in [-0.25, -0.2) is 0 Å². The SMILES string of the molecule is CCNC(=NCCC1CCN(CC(F)(F)F)CC1)NCCc1cccc(O)c1.I. The molecule has 1 aromatic carbocycles. The van der Waals surface area contributed by atoms with Crippen molar-refractivity contribution in [1.29, 1.82) is 0 Å². The highest BCUT2D eigenvalue weighted by Gasteiger charge is 2.32. The molecule has 0 bridgehead atoms. The number of guanidine groups is 1. The van der Waals surface area contributed by atoms with Crippen molar-refractivity contribution in [1.82, 2.24) is 15.5 Å². The zero-order chi connectivity index (χ0) is 20.4. The number of alkyl halides is 3. The number of nitrogens with zero attached hydrogens (tertiary/aromatic N) is 2. The molecule has 0 aromatic heterocycles. The summed E-state index contributed by atoms with van der Waals surface area (Å²) in [4.78, 5) is 6.08. The van der Waals surface area contributed by atoms with Gasteiger partial charge < -0.3 is 15.7 Å². The third kappa shape index (κ3) is 10.9. The summed E-state index contributed by atoms with van der Waals surface area (Å²) in [5.41, 5.74) is 1.05. The fourth-order valence-electron chi connectivity index (χ4n) is 3.42. The first-order valence-corrected chi connectivity index (χ1v) is 9.95. The molecule has 1 aliphatic rings. The van der Waals surface area contributed by atoms with Crippen LogP contribution in [0, 0.1) is 5.92 Å². The van der Waals surface area contributed by atoms with Crippen LogP contribution in [-0.4, -0.2) is 61.4 Å². The molecule has 0 unspecified atom stereocenters. The highest BCUT2D eigenvalue weighted by molar-refractivity contribution is 14.0. The van der Waals surface area contributed by atoms with Gasteiger partial charge in [0, 0.05) is 19.6 Å². The molecule has 5 nitrogen and oxygen atoms in total. The summed E-state index contributed by atoms with van der Waals surface area (Å²) in [6.45, 7) is 4.34. The number of likely N-dealkylation sites (tertiary alicyclic amines) is 1. The number of hydrogen-bond donors (Lipinski definition) is 3. The summed E-state index contributed by atoms with van der Waals surface area (Å²) < 4.78 is 37.3. The summed E-state index contributed by atoms with van der Waals surface area (Å²) in [5.74, 6) is 1.44. The molecule has 3 N–H and O–H groups in total. The fraction of sp³-hybridized carbons (Fsp3) is 0.650. The van der Waals surface area contributed by atoms with Gasteiger partial charge in [-0.15, -0.1) is 24.0 Å². The van der Waals surface area contributed by atoms with Gasteiger partial charge in [-0.3, -0.25) is 9.89 Å². The number of nitrogens with one attached hydrogen (secondary N) is 2. The molecule has 0 amide bonds. The number of phenolic OH excluding ortho intramolecular Hbond substituents is 1. The van der Waals surface area contributed by atoms with Crippen LogP contribution in [0.15, 0.2) is 29.3 Å². The second-order valence-electron chi connectivity index (χ2n) is 7.23. The van der Waals surface area contributed by atoms with E-state index in [-0.39, 0.29) is 29.7 Å². The van der Waals surface area contributed by atoms with Crippen molar-refractivity contribution in [2.75, 3.05) is 39.3 Å². The summed E-state index contributed by atoms with van der Waals surface area (Å²) >= 11 is 0. The van der Waals surface area contributed by atoms with Gasteiger partial charge in [-0.2, -0.15) is 13.2 Å². The molecule has 9 heteroatoms. The maximum absolute atomic E-state index is 12.4. The Labute approximate surface area is 188 Å². The van der Waals surface area contributed by atoms with Crippen molar-refractivity contribution in [3.63, 3.8) is 0 Å². The van der Waals surface area contributed by atoms with Crippen LogP contribution in [0.5, 0.6) is 5.75 Å². The van der Waals surface area contributed by atoms with Crippen molar-refractivity contribution in [2.24, 2.45) is 10.9 Å². The molecule has 1 aromatic rings. The molecule has 2 rings (SSSR count). The number of halogens is 4. The van der Waals surface area contributed by atoms with Crippen LogP contribution in [0.25, 0.3) is 0 Å². The van der Waals surface area contributed by atoms with E-state index in [0.717, 1.165) is 43.8 Å². The third-order valence-electron chi connectivity index (χ3n) is 4.88. The van der Waals surface area contributed by atoms with Crippen LogP contribution >= 0.6 is 24.0 Å². The Kier molecular flexibility index (Phi) is 11.7. The minimum absolute atomic E-state index is 0. The van der Waals surface area contributed by atoms with Gasteiger partial charge >= 0.3 is 6.18 Å². The largest absolute Gasteiger partial charge is 0.508 e. The second-order valence-corrected chi connectivity index (χ2v) is 7.23. The predicted octanol–water partition coefficient (Wildman–Crippen LogP) is 3.77. The minimum atomic E-state index is -4.11. The predicted molar refractivity (Wildman–Crippen MR) is 121 cm³/mol. The maximum Gasteiger partial charge on any atom is 0.401 e. The molecule has 1 saturated heterocycles. The smallest absolute Gasteiger partial charge is 0.401 e. The fourth-order valence-corrected chi connectivity index (χ4v) is 3.42. The van der Waals surface area contributed by atoms with Gasteiger partial charge in [0.05, 0.1) is 6.54 Å². The Balaban J connectivity index is 0.00000420. The molecule has 29 heavy (non-hydrogen) atoms. The monoisotopic (exact) mass is 528 g/mol. The van der Waals surface area contributed by atoms with E-state index in [9.17, 15) is 18.3 Å². The molecule has 0 spiro atoms. The zero-order valence-electron chi connectivity index (χ0n) is 16.8. The Morgan fingerprint density at radius 3 is 2.59 bits per heavy atom. The van der Waals surface area contributed by atoms with E-state index < -0.39 is 12.7 Å². The molecule has 1 heterocycles. The Hall–Kier alpha value is -1.23. The molecular formula is C20H32F3IN4O. The second kappa shape index (κ2) is 13.1. The first-order valence-electron chi connectivity index (χ1n) is 9.95. The average molecular weight is 528 g/mol. The van der Waals surface area contributed by atoms with Gasteiger partial charge in [0.25, 0.3) is 0 Å². The number of aliphatic imine (C=N–C) groups is 1. The van der Waals surface area contributed by atoms with E-state index in [2.05, 4.69) is 15.6 Å². The van der Waals surface area contributed by atoms with Crippen molar-refractivity contribution in [3.05, 3.63) is 29.8 Å². The van der Waals surface area contributed by atoms with Gasteiger partial charge in [-0.1, -0.05) is 12.1 Å². The summed E-state index contributed by atoms with van der Waals surface area (Å²) in [6, 6.07) is 7.19. The lowest BCUT2D eigenvalue weighted by atomic mass is 9.93. The lowest BCUT2D eigenvalue weighted by molar-refractivity contribution is -0.148. The number of phenols is 1. The van der Waals surface area contributed by atoms with E-state index in [1.54, 1.807) is 12.1 Å². The lowest BCUT2D eigenvalue weighted by Gasteiger charge is -2.32. The normalized spacial score (nSPS) is 16.3. The highest BCUT2D eigenvalue weighted by Crippen LogP contribution is 2.24. The number of piperidine rings is 1. The zero-order valence-corrected chi connectivity index (χ0v) is 19.2. The Morgan fingerprint density at radius 2 is 1.97 bits per heavy atom. The molecule has 0 radical (unpaired) electrons. The van der Waals surface area contributed by atoms with Gasteiger partial charge in [-0.05, 0) is 69.3 Å². The maximum atomic E-state index is 12.4. The number of rotatable bonds is 8. The first-order chi connectivity index (χ1) is 13.4. The minimum Gasteiger partial charge on any atom is -0.508 e. The summed E-state index contributed by atoms with van der Waals surface area (Å²) in [6.07, 6.45) is -0.846. The lowest BCUT2D eigenvalue weighted by Crippen LogP contribution is -2.40. The third-order valence-corrected chi connectivity index (χ3v) is 4.88. The van der Waals surface area contributed by atoms with Crippen molar-refractivity contribution in [3.8, 4) is 5.75 Å². The first kappa shape index (κ1) is 25.8. The summed E-state index contributed by atoms with van der Waals surface area (Å²) in [5, 5.41) is 16.0. The number of benzene rings is 1. The highest BCUT2D eigenvalue weighted by atomic mass is 127. The van der Waals surface area contributed by atoms with Crippen LogP contribution in [0.2, 0.25) is 0 Å². The van der Waals surface area contributed by atoms with Gasteiger partial charge in [0.1, 0.15) is 5.75 Å². The van der Waals surface area contributed by atoms with Crippen molar-refractivity contribution >= 4 is 29.9 Å². The van der Waals surface area contributed by atoms with Gasteiger partial charge in [0.2, 0.25) is 0 Å². The molecule has 1 aliphatic heterocycles. The standard InChI is InChI=1S/C20H31F3N4O.HI/c1-2-24-19(26-11-7-17-4-3-5-18(28)14-17)25-10-6-16-8-12-27(13-9-16)15-20(21,22)23;/h3-5,14,16,28H,2,6-13,15H2,1H3,(H2,24,25,26);1H. The molecule has 1 fully saturated rings. The average Bonchev–Trinajstić information content (AvgIpc) is 2.62. The van der Waals surface area contributed by atoms with E-state index in [1.807, 2.05) is 19.1 Å². The van der Waals surface area contributed by atoms with Crippen LogP contribution in [0.4, 0.5) is 13.2 Å². The van der Waals surface area contributed by atoms with E-state index >= 15 is 0 Å². The van der Waals surface area contributed by atoms with E-state index in [0.29, 0.717) is 32.1 Å². The van der Waals surface area contributed by atoms with E-state index in [1.165, 1.54) is 4.90 Å². The van der Waals surface area contributed by atoms with Crippen molar-refractivity contribution < 1.29 is 18.3 Å². The summed E-state index contributed by atoms with van der Waals surface area (Å²) in [7, 11) is 0. The molecular weight excluding hydrogens is 496 g/mol. The molecule has 0 atom stereocenters. The van der Waals surface area contributed by atoms with E-state index in [4.69, 9.17) is 0 Å². The van der Waals surface area contributed by atoms with Crippen LogP contribution in [-0.2, 0) is 6.42 Å². The topological polar surface area (TPSA) is 59.9 Å². The Bertz CT molecular complexity index is 620. The molecule has 0 aliphatic carbocycles. The quantitative estimate of drug-likeness (QED) is 0.273. The Morgan fingerprint density at radius 1 is 1.24 bits per heavy atom. The number of hydrogen-bond acceptors (Lipinski definition) is 3. The molecule has 166 valence electrons. The van der Waals surface area contributed by atoms with Gasteiger partial charge in [0.15, 0.2) is 5.96 Å². The number of aromatic hydroxyl groups is 1. The van der Waals surface area contributed by atoms with Crippen LogP contribution in [0.1, 0.15) is 31.7 Å². The van der Waals surface area contributed by atoms with Crippen LogP contribution in [0.3, 0.4) is 0 Å². The van der Waals surface area contributed by atoms with Crippen LogP contribution < -0.4 is 10.6 Å².